The minimum atomic E-state index is -0.966. The summed E-state index contributed by atoms with van der Waals surface area (Å²) in [4.78, 5) is 16.6. The highest BCUT2D eigenvalue weighted by Crippen LogP contribution is 2.29. The van der Waals surface area contributed by atoms with E-state index in [1.54, 1.807) is 42.5 Å². The van der Waals surface area contributed by atoms with E-state index >= 15 is 0 Å². The van der Waals surface area contributed by atoms with E-state index in [4.69, 9.17) is 14.2 Å². The summed E-state index contributed by atoms with van der Waals surface area (Å²) in [5, 5.41) is 13.2. The van der Waals surface area contributed by atoms with Crippen LogP contribution in [0.2, 0.25) is 0 Å². The zero-order valence-corrected chi connectivity index (χ0v) is 18.0. The zero-order chi connectivity index (χ0) is 21.5. The zero-order valence-electron chi connectivity index (χ0n) is 16.5. The molecule has 2 N–H and O–H groups in total. The minimum Gasteiger partial charge on any atom is -0.497 e. The number of amides is 1. The van der Waals surface area contributed by atoms with Gasteiger partial charge < -0.3 is 24.6 Å². The van der Waals surface area contributed by atoms with Crippen molar-refractivity contribution in [3.05, 3.63) is 76.4 Å². The molecule has 0 saturated heterocycles. The summed E-state index contributed by atoms with van der Waals surface area (Å²) in [6, 6.07) is 15.7. The molecule has 7 nitrogen and oxygen atoms in total. The number of aliphatic hydroxyl groups excluding tert-OH is 1. The third kappa shape index (κ3) is 5.49. The number of carbonyl (C=O) groups excluding carboxylic acids is 1. The van der Waals surface area contributed by atoms with E-state index in [2.05, 4.69) is 26.2 Å². The Balaban J connectivity index is 1.60. The fraction of sp³-hybridized carbons (Fsp3) is 0.182. The molecule has 1 heterocycles. The van der Waals surface area contributed by atoms with Gasteiger partial charge in [0.15, 0.2) is 0 Å². The maximum Gasteiger partial charge on any atom is 0.252 e. The van der Waals surface area contributed by atoms with Gasteiger partial charge in [-0.3, -0.25) is 4.79 Å². The Morgan fingerprint density at radius 2 is 1.80 bits per heavy atom. The van der Waals surface area contributed by atoms with Crippen LogP contribution in [0.3, 0.4) is 0 Å². The van der Waals surface area contributed by atoms with Gasteiger partial charge in [0.1, 0.15) is 23.4 Å². The highest BCUT2D eigenvalue weighted by Gasteiger charge is 2.16. The fourth-order valence-electron chi connectivity index (χ4n) is 2.70. The lowest BCUT2D eigenvalue weighted by Crippen LogP contribution is -2.28. The first kappa shape index (κ1) is 21.6. The number of methoxy groups -OCH3 is 2. The smallest absolute Gasteiger partial charge is 0.252 e. The maximum atomic E-state index is 12.4. The van der Waals surface area contributed by atoms with E-state index in [9.17, 15) is 9.90 Å². The molecule has 156 valence electrons. The Morgan fingerprint density at radius 1 is 1.07 bits per heavy atom. The number of halogens is 1. The lowest BCUT2D eigenvalue weighted by atomic mass is 10.1. The molecule has 3 rings (SSSR count). The molecule has 0 aliphatic rings. The number of carbonyl (C=O) groups is 1. The van der Waals surface area contributed by atoms with Gasteiger partial charge in [0.05, 0.1) is 19.8 Å². The van der Waals surface area contributed by atoms with E-state index in [-0.39, 0.29) is 12.5 Å². The Hall–Kier alpha value is -3.10. The molecule has 0 aliphatic carbocycles. The number of ether oxygens (including phenoxy) is 3. The Morgan fingerprint density at radius 3 is 2.43 bits per heavy atom. The molecule has 8 heteroatoms. The van der Waals surface area contributed by atoms with Gasteiger partial charge in [-0.25, -0.2) is 4.98 Å². The number of nitrogens with one attached hydrogen (secondary N) is 1. The molecule has 0 saturated carbocycles. The van der Waals surface area contributed by atoms with Crippen LogP contribution in [-0.2, 0) is 0 Å². The minimum absolute atomic E-state index is 0.000491. The second-order valence-electron chi connectivity index (χ2n) is 6.27. The van der Waals surface area contributed by atoms with E-state index in [0.29, 0.717) is 34.3 Å². The number of nitrogens with zero attached hydrogens (tertiary/aromatic N) is 1. The molecule has 0 bridgehead atoms. The van der Waals surface area contributed by atoms with Gasteiger partial charge in [-0.15, -0.1) is 0 Å². The van der Waals surface area contributed by atoms with Crippen molar-refractivity contribution in [2.24, 2.45) is 0 Å². The monoisotopic (exact) mass is 472 g/mol. The standard InChI is InChI=1S/C22H21BrN2O5/c1-28-17-8-9-20(29-2)18(11-17)19(26)13-25-22(27)14-3-10-21(24-12-14)30-16-6-4-15(23)5-7-16/h3-12,19,26H,13H2,1-2H3,(H,25,27). The Kier molecular flexibility index (Phi) is 7.26. The van der Waals surface area contributed by atoms with Gasteiger partial charge in [-0.2, -0.15) is 0 Å². The van der Waals surface area contributed by atoms with Crippen molar-refractivity contribution < 1.29 is 24.1 Å². The normalized spacial score (nSPS) is 11.5. The first-order valence-corrected chi connectivity index (χ1v) is 9.87. The van der Waals surface area contributed by atoms with Crippen LogP contribution in [0.1, 0.15) is 22.0 Å². The van der Waals surface area contributed by atoms with E-state index in [1.165, 1.54) is 20.4 Å². The molecule has 3 aromatic rings. The van der Waals surface area contributed by atoms with Crippen LogP contribution in [0.5, 0.6) is 23.1 Å². The van der Waals surface area contributed by atoms with Gasteiger partial charge in [0.2, 0.25) is 5.88 Å². The van der Waals surface area contributed by atoms with Crippen molar-refractivity contribution in [2.45, 2.75) is 6.10 Å². The van der Waals surface area contributed by atoms with E-state index < -0.39 is 6.10 Å². The first-order chi connectivity index (χ1) is 14.5. The fourth-order valence-corrected chi connectivity index (χ4v) is 2.96. The van der Waals surface area contributed by atoms with Crippen molar-refractivity contribution >= 4 is 21.8 Å². The molecule has 0 spiro atoms. The van der Waals surface area contributed by atoms with E-state index in [1.807, 2.05) is 12.1 Å². The summed E-state index contributed by atoms with van der Waals surface area (Å²) in [5.41, 5.74) is 0.872. The van der Waals surface area contributed by atoms with Crippen LogP contribution in [0.4, 0.5) is 0 Å². The van der Waals surface area contributed by atoms with Crippen LogP contribution in [0.25, 0.3) is 0 Å². The van der Waals surface area contributed by atoms with Crippen molar-refractivity contribution in [3.8, 4) is 23.1 Å². The summed E-state index contributed by atoms with van der Waals surface area (Å²) in [7, 11) is 3.05. The number of rotatable bonds is 8. The van der Waals surface area contributed by atoms with Gasteiger partial charge in [0.25, 0.3) is 5.91 Å². The average molecular weight is 473 g/mol. The molecule has 0 fully saturated rings. The maximum absolute atomic E-state index is 12.4. The molecular formula is C22H21BrN2O5. The molecule has 1 aromatic heterocycles. The number of aliphatic hydroxyl groups is 1. The molecule has 1 amide bonds. The van der Waals surface area contributed by atoms with Crippen LogP contribution >= 0.6 is 15.9 Å². The number of hydrogen-bond acceptors (Lipinski definition) is 6. The lowest BCUT2D eigenvalue weighted by molar-refractivity contribution is 0.0914. The number of pyridine rings is 1. The predicted octanol–water partition coefficient (Wildman–Crippen LogP) is 4.12. The third-order valence-corrected chi connectivity index (χ3v) is 4.82. The summed E-state index contributed by atoms with van der Waals surface area (Å²) in [6.45, 7) is -0.000491. The van der Waals surface area contributed by atoms with Crippen LogP contribution in [0.15, 0.2) is 65.3 Å². The molecule has 1 atom stereocenters. The SMILES string of the molecule is COc1ccc(OC)c(C(O)CNC(=O)c2ccc(Oc3ccc(Br)cc3)nc2)c1. The highest BCUT2D eigenvalue weighted by atomic mass is 79.9. The summed E-state index contributed by atoms with van der Waals surface area (Å²) in [6.07, 6.45) is 0.453. The summed E-state index contributed by atoms with van der Waals surface area (Å²) in [5.74, 6) is 1.74. The summed E-state index contributed by atoms with van der Waals surface area (Å²) < 4.78 is 17.0. The molecule has 1 unspecified atom stereocenters. The number of benzene rings is 2. The topological polar surface area (TPSA) is 89.9 Å². The van der Waals surface area contributed by atoms with Gasteiger partial charge in [0, 0.05) is 28.8 Å². The van der Waals surface area contributed by atoms with Crippen LogP contribution in [0, 0.1) is 0 Å². The largest absolute Gasteiger partial charge is 0.497 e. The molecule has 30 heavy (non-hydrogen) atoms. The van der Waals surface area contributed by atoms with Crippen molar-refractivity contribution in [3.63, 3.8) is 0 Å². The Labute approximate surface area is 182 Å². The third-order valence-electron chi connectivity index (χ3n) is 4.29. The first-order valence-electron chi connectivity index (χ1n) is 9.08. The van der Waals surface area contributed by atoms with Crippen molar-refractivity contribution in [1.29, 1.82) is 0 Å². The lowest BCUT2D eigenvalue weighted by Gasteiger charge is -2.16. The van der Waals surface area contributed by atoms with Crippen LogP contribution < -0.4 is 19.5 Å². The van der Waals surface area contributed by atoms with Gasteiger partial charge >= 0.3 is 0 Å². The average Bonchev–Trinajstić information content (AvgIpc) is 2.78. The second kappa shape index (κ2) is 10.1. The second-order valence-corrected chi connectivity index (χ2v) is 7.19. The molecule has 0 radical (unpaired) electrons. The quantitative estimate of drug-likeness (QED) is 0.512. The molecule has 2 aromatic carbocycles. The number of hydrogen-bond donors (Lipinski definition) is 2. The van der Waals surface area contributed by atoms with Crippen molar-refractivity contribution in [1.82, 2.24) is 10.3 Å². The predicted molar refractivity (Wildman–Crippen MR) is 115 cm³/mol. The van der Waals surface area contributed by atoms with Gasteiger partial charge in [-0.1, -0.05) is 15.9 Å². The van der Waals surface area contributed by atoms with E-state index in [0.717, 1.165) is 4.47 Å². The highest BCUT2D eigenvalue weighted by molar-refractivity contribution is 9.10. The molecule has 0 aliphatic heterocycles. The Bertz CT molecular complexity index is 993. The van der Waals surface area contributed by atoms with Crippen LogP contribution in [-0.4, -0.2) is 36.8 Å². The molecular weight excluding hydrogens is 452 g/mol. The van der Waals surface area contributed by atoms with Gasteiger partial charge in [-0.05, 0) is 48.5 Å². The number of aromatic nitrogens is 1. The summed E-state index contributed by atoms with van der Waals surface area (Å²) >= 11 is 3.36. The van der Waals surface area contributed by atoms with Crippen molar-refractivity contribution in [2.75, 3.05) is 20.8 Å².